The second kappa shape index (κ2) is 5.88. The number of hydrogen-bond acceptors (Lipinski definition) is 2. The van der Waals surface area contributed by atoms with E-state index < -0.39 is 0 Å². The monoisotopic (exact) mass is 346 g/mol. The molecule has 1 aliphatic carbocycles. The highest BCUT2D eigenvalue weighted by Crippen LogP contribution is 2.51. The average Bonchev–Trinajstić information content (AvgIpc) is 3.03. The van der Waals surface area contributed by atoms with E-state index in [0.29, 0.717) is 5.92 Å². The fourth-order valence-electron chi connectivity index (χ4n) is 5.44. The van der Waals surface area contributed by atoms with Crippen molar-refractivity contribution >= 4 is 10.9 Å². The third-order valence-corrected chi connectivity index (χ3v) is 6.74. The third kappa shape index (κ3) is 2.23. The Kier molecular flexibility index (Phi) is 3.61. The van der Waals surface area contributed by atoms with Gasteiger partial charge in [0, 0.05) is 34.1 Å². The molecule has 134 valence electrons. The van der Waals surface area contributed by atoms with E-state index in [1.807, 2.05) is 0 Å². The lowest BCUT2D eigenvalue weighted by atomic mass is 9.58. The Morgan fingerprint density at radius 2 is 1.92 bits per heavy atom. The molecule has 1 saturated heterocycles. The number of likely N-dealkylation sites (tertiary alicyclic amines) is 1. The van der Waals surface area contributed by atoms with Gasteiger partial charge in [0.1, 0.15) is 5.75 Å². The van der Waals surface area contributed by atoms with Crippen molar-refractivity contribution in [3.8, 4) is 5.75 Å². The molecule has 0 spiro atoms. The lowest BCUT2D eigenvalue weighted by Gasteiger charge is -2.50. The number of para-hydroxylation sites is 2. The number of aromatic nitrogens is 1. The van der Waals surface area contributed by atoms with Crippen LogP contribution in [0.3, 0.4) is 0 Å². The van der Waals surface area contributed by atoms with Crippen molar-refractivity contribution < 1.29 is 4.74 Å². The van der Waals surface area contributed by atoms with Crippen molar-refractivity contribution in [1.29, 1.82) is 0 Å². The van der Waals surface area contributed by atoms with Gasteiger partial charge in [0.15, 0.2) is 0 Å². The molecule has 1 N–H and O–H groups in total. The predicted octanol–water partition coefficient (Wildman–Crippen LogP) is 4.16. The van der Waals surface area contributed by atoms with Gasteiger partial charge in [-0.15, -0.1) is 0 Å². The van der Waals surface area contributed by atoms with Gasteiger partial charge in [0.05, 0.1) is 7.11 Å². The minimum absolute atomic E-state index is 0.160. The topological polar surface area (TPSA) is 28.3 Å². The summed E-state index contributed by atoms with van der Waals surface area (Å²) in [5.41, 5.74) is 5.79. The maximum Gasteiger partial charge on any atom is 0.122 e. The van der Waals surface area contributed by atoms with Crippen LogP contribution in [0, 0.1) is 5.92 Å². The van der Waals surface area contributed by atoms with E-state index in [1.54, 1.807) is 7.11 Å². The summed E-state index contributed by atoms with van der Waals surface area (Å²) in [6.07, 6.45) is 3.40. The summed E-state index contributed by atoms with van der Waals surface area (Å²) < 4.78 is 5.79. The first-order valence-corrected chi connectivity index (χ1v) is 9.62. The van der Waals surface area contributed by atoms with Crippen LogP contribution in [0.1, 0.15) is 23.2 Å². The SMILES string of the molecule is COc1ccccc1C12CCN(C)CC1Cc1c([nH]c3ccccc13)C2. The Morgan fingerprint density at radius 3 is 2.81 bits per heavy atom. The fourth-order valence-corrected chi connectivity index (χ4v) is 5.44. The highest BCUT2D eigenvalue weighted by atomic mass is 16.5. The standard InChI is InChI=1S/C23H26N2O/c1-25-12-11-23(19-8-4-6-10-22(19)26-2)14-21-18(13-16(23)15-25)17-7-3-5-9-20(17)24-21/h3-10,16,24H,11-15H2,1-2H3. The Hall–Kier alpha value is -2.26. The molecule has 1 fully saturated rings. The maximum absolute atomic E-state index is 5.79. The summed E-state index contributed by atoms with van der Waals surface area (Å²) in [7, 11) is 4.06. The van der Waals surface area contributed by atoms with Crippen molar-refractivity contribution in [3.05, 3.63) is 65.4 Å². The molecule has 3 aromatic rings. The first-order chi connectivity index (χ1) is 12.7. The van der Waals surface area contributed by atoms with Crippen LogP contribution < -0.4 is 4.74 Å². The minimum atomic E-state index is 0.160. The fraction of sp³-hybridized carbons (Fsp3) is 0.391. The molecule has 3 nitrogen and oxygen atoms in total. The molecule has 2 atom stereocenters. The molecular formula is C23H26N2O. The second-order valence-electron chi connectivity index (χ2n) is 8.07. The Morgan fingerprint density at radius 1 is 1.12 bits per heavy atom. The number of fused-ring (bicyclic) bond motifs is 4. The normalized spacial score (nSPS) is 25.7. The number of aromatic amines is 1. The van der Waals surface area contributed by atoms with E-state index in [-0.39, 0.29) is 5.41 Å². The van der Waals surface area contributed by atoms with Crippen molar-refractivity contribution in [3.63, 3.8) is 0 Å². The smallest absolute Gasteiger partial charge is 0.122 e. The number of nitrogens with zero attached hydrogens (tertiary/aromatic N) is 1. The van der Waals surface area contributed by atoms with Crippen molar-refractivity contribution in [2.75, 3.05) is 27.2 Å². The predicted molar refractivity (Wildman–Crippen MR) is 106 cm³/mol. The van der Waals surface area contributed by atoms with E-state index in [2.05, 4.69) is 65.5 Å². The van der Waals surface area contributed by atoms with Crippen molar-refractivity contribution in [2.45, 2.75) is 24.7 Å². The van der Waals surface area contributed by atoms with E-state index in [0.717, 1.165) is 31.7 Å². The van der Waals surface area contributed by atoms with Gasteiger partial charge in [0.25, 0.3) is 0 Å². The van der Waals surface area contributed by atoms with Crippen LogP contribution in [0.15, 0.2) is 48.5 Å². The molecule has 1 aromatic heterocycles. The molecule has 2 unspecified atom stereocenters. The van der Waals surface area contributed by atoms with Gasteiger partial charge in [-0.1, -0.05) is 36.4 Å². The number of benzene rings is 2. The summed E-state index contributed by atoms with van der Waals surface area (Å²) >= 11 is 0. The zero-order valence-corrected chi connectivity index (χ0v) is 15.6. The zero-order chi connectivity index (χ0) is 17.7. The van der Waals surface area contributed by atoms with Crippen molar-refractivity contribution in [1.82, 2.24) is 9.88 Å². The maximum atomic E-state index is 5.79. The highest BCUT2D eigenvalue weighted by molar-refractivity contribution is 5.85. The first kappa shape index (κ1) is 16.0. The lowest BCUT2D eigenvalue weighted by Crippen LogP contribution is -2.52. The van der Waals surface area contributed by atoms with Crippen LogP contribution in [-0.2, 0) is 18.3 Å². The minimum Gasteiger partial charge on any atom is -0.496 e. The lowest BCUT2D eigenvalue weighted by molar-refractivity contribution is 0.0974. The van der Waals surface area contributed by atoms with Gasteiger partial charge >= 0.3 is 0 Å². The van der Waals surface area contributed by atoms with Crippen LogP contribution >= 0.6 is 0 Å². The average molecular weight is 346 g/mol. The number of piperidine rings is 1. The largest absolute Gasteiger partial charge is 0.496 e. The van der Waals surface area contributed by atoms with Crippen LogP contribution in [0.4, 0.5) is 0 Å². The zero-order valence-electron chi connectivity index (χ0n) is 15.6. The molecule has 2 aromatic carbocycles. The summed E-state index contributed by atoms with van der Waals surface area (Å²) in [4.78, 5) is 6.24. The van der Waals surface area contributed by atoms with Gasteiger partial charge in [-0.25, -0.2) is 0 Å². The number of H-pyrrole nitrogens is 1. The van der Waals surface area contributed by atoms with Crippen molar-refractivity contribution in [2.24, 2.45) is 5.92 Å². The van der Waals surface area contributed by atoms with Crippen LogP contribution in [-0.4, -0.2) is 37.1 Å². The van der Waals surface area contributed by atoms with Crippen LogP contribution in [0.2, 0.25) is 0 Å². The second-order valence-corrected chi connectivity index (χ2v) is 8.07. The molecule has 1 aliphatic heterocycles. The molecular weight excluding hydrogens is 320 g/mol. The number of hydrogen-bond donors (Lipinski definition) is 1. The number of rotatable bonds is 2. The van der Waals surface area contributed by atoms with Gasteiger partial charge in [0.2, 0.25) is 0 Å². The molecule has 26 heavy (non-hydrogen) atoms. The van der Waals surface area contributed by atoms with Gasteiger partial charge < -0.3 is 14.6 Å². The number of ether oxygens (including phenoxy) is 1. The van der Waals surface area contributed by atoms with Crippen LogP contribution in [0.25, 0.3) is 10.9 Å². The Balaban J connectivity index is 1.69. The van der Waals surface area contributed by atoms with E-state index in [4.69, 9.17) is 4.74 Å². The van der Waals surface area contributed by atoms with E-state index in [1.165, 1.54) is 34.1 Å². The van der Waals surface area contributed by atoms with Gasteiger partial charge in [-0.3, -0.25) is 0 Å². The molecule has 2 aliphatic rings. The van der Waals surface area contributed by atoms with Crippen LogP contribution in [0.5, 0.6) is 5.75 Å². The van der Waals surface area contributed by atoms with E-state index in [9.17, 15) is 0 Å². The van der Waals surface area contributed by atoms with Gasteiger partial charge in [-0.05, 0) is 56.5 Å². The Labute approximate surface area is 155 Å². The number of nitrogens with one attached hydrogen (secondary N) is 1. The van der Waals surface area contributed by atoms with E-state index >= 15 is 0 Å². The number of methoxy groups -OCH3 is 1. The summed E-state index contributed by atoms with van der Waals surface area (Å²) in [6.45, 7) is 2.29. The summed E-state index contributed by atoms with van der Waals surface area (Å²) in [5.74, 6) is 1.66. The third-order valence-electron chi connectivity index (χ3n) is 6.74. The molecule has 0 radical (unpaired) electrons. The molecule has 5 rings (SSSR count). The highest BCUT2D eigenvalue weighted by Gasteiger charge is 2.48. The molecule has 2 heterocycles. The summed E-state index contributed by atoms with van der Waals surface area (Å²) in [6, 6.07) is 17.4. The first-order valence-electron chi connectivity index (χ1n) is 9.62. The molecule has 0 bridgehead atoms. The molecule has 0 amide bonds. The molecule has 3 heteroatoms. The van der Waals surface area contributed by atoms with Gasteiger partial charge in [-0.2, -0.15) is 0 Å². The quantitative estimate of drug-likeness (QED) is 0.754. The molecule has 0 saturated carbocycles. The summed E-state index contributed by atoms with van der Waals surface area (Å²) in [5, 5.41) is 1.41. The Bertz CT molecular complexity index is 960.